The van der Waals surface area contributed by atoms with Gasteiger partial charge in [0.15, 0.2) is 5.78 Å². The van der Waals surface area contributed by atoms with Crippen LogP contribution < -0.4 is 4.74 Å². The predicted octanol–water partition coefficient (Wildman–Crippen LogP) is 4.19. The summed E-state index contributed by atoms with van der Waals surface area (Å²) in [5.74, 6) is 0.973. The van der Waals surface area contributed by atoms with Gasteiger partial charge in [-0.1, -0.05) is 6.92 Å². The second-order valence-corrected chi connectivity index (χ2v) is 5.03. The van der Waals surface area contributed by atoms with Gasteiger partial charge < -0.3 is 4.74 Å². The Kier molecular flexibility index (Phi) is 4.68. The molecule has 0 amide bonds. The number of carbonyl (C=O) groups is 1. The fraction of sp³-hybridized carbons (Fsp3) is 0.333. The topological polar surface area (TPSA) is 39.2 Å². The van der Waals surface area contributed by atoms with Crippen LogP contribution in [-0.4, -0.2) is 17.4 Å². The molecule has 0 N–H and O–H groups in total. The van der Waals surface area contributed by atoms with Gasteiger partial charge >= 0.3 is 0 Å². The van der Waals surface area contributed by atoms with Gasteiger partial charge in [0.1, 0.15) is 16.5 Å². The van der Waals surface area contributed by atoms with Gasteiger partial charge in [-0.2, -0.15) is 0 Å². The molecule has 4 heteroatoms. The molecule has 0 spiro atoms. The number of rotatable bonds is 6. The van der Waals surface area contributed by atoms with Crippen LogP contribution in [0.4, 0.5) is 0 Å². The molecule has 100 valence electrons. The first-order valence-corrected chi connectivity index (χ1v) is 7.34. The lowest BCUT2D eigenvalue weighted by atomic mass is 10.2. The van der Waals surface area contributed by atoms with Gasteiger partial charge in [0.05, 0.1) is 6.61 Å². The van der Waals surface area contributed by atoms with Gasteiger partial charge in [-0.05, 0) is 37.6 Å². The van der Waals surface area contributed by atoms with Crippen molar-refractivity contribution >= 4 is 17.1 Å². The Morgan fingerprint density at radius 1 is 1.26 bits per heavy atom. The molecule has 1 aromatic carbocycles. The van der Waals surface area contributed by atoms with Gasteiger partial charge in [0, 0.05) is 17.4 Å². The molecule has 0 saturated carbocycles. The van der Waals surface area contributed by atoms with E-state index in [0.717, 1.165) is 22.7 Å². The number of ketones is 1. The maximum Gasteiger partial charge on any atom is 0.182 e. The van der Waals surface area contributed by atoms with Crippen LogP contribution in [0.3, 0.4) is 0 Å². The first kappa shape index (κ1) is 13.7. The standard InChI is InChI=1S/C15H17NO2S/c1-3-5-14(17)13-10-19-15(16-13)11-6-8-12(9-7-11)18-4-2/h6-10H,3-5H2,1-2H3. The van der Waals surface area contributed by atoms with Crippen LogP contribution in [0, 0.1) is 0 Å². The number of nitrogens with zero attached hydrogens (tertiary/aromatic N) is 1. The molecule has 2 rings (SSSR count). The molecule has 0 aliphatic heterocycles. The Morgan fingerprint density at radius 3 is 2.63 bits per heavy atom. The molecule has 0 fully saturated rings. The third-order valence-electron chi connectivity index (χ3n) is 2.68. The lowest BCUT2D eigenvalue weighted by Crippen LogP contribution is -1.98. The zero-order valence-electron chi connectivity index (χ0n) is 11.2. The minimum Gasteiger partial charge on any atom is -0.494 e. The van der Waals surface area contributed by atoms with E-state index in [0.29, 0.717) is 18.7 Å². The molecule has 2 aromatic rings. The van der Waals surface area contributed by atoms with Crippen LogP contribution in [0.2, 0.25) is 0 Å². The van der Waals surface area contributed by atoms with Crippen LogP contribution in [0.25, 0.3) is 10.6 Å². The molecule has 0 atom stereocenters. The van der Waals surface area contributed by atoms with Crippen molar-refractivity contribution in [2.75, 3.05) is 6.61 Å². The van der Waals surface area contributed by atoms with E-state index in [1.165, 1.54) is 11.3 Å². The first-order valence-electron chi connectivity index (χ1n) is 6.46. The number of carbonyl (C=O) groups excluding carboxylic acids is 1. The summed E-state index contributed by atoms with van der Waals surface area (Å²) >= 11 is 1.50. The number of aromatic nitrogens is 1. The highest BCUT2D eigenvalue weighted by Crippen LogP contribution is 2.26. The van der Waals surface area contributed by atoms with Gasteiger partial charge in [0.25, 0.3) is 0 Å². The highest BCUT2D eigenvalue weighted by atomic mass is 32.1. The van der Waals surface area contributed by atoms with Gasteiger partial charge in [-0.25, -0.2) is 4.98 Å². The SMILES string of the molecule is CCCC(=O)c1csc(-c2ccc(OCC)cc2)n1. The van der Waals surface area contributed by atoms with Gasteiger partial charge in [-0.15, -0.1) is 11.3 Å². The molecule has 3 nitrogen and oxygen atoms in total. The summed E-state index contributed by atoms with van der Waals surface area (Å²) in [5, 5.41) is 2.71. The number of benzene rings is 1. The molecule has 0 aliphatic rings. The van der Waals surface area contributed by atoms with Gasteiger partial charge in [-0.3, -0.25) is 4.79 Å². The maximum absolute atomic E-state index is 11.8. The third kappa shape index (κ3) is 3.41. The monoisotopic (exact) mass is 275 g/mol. The van der Waals surface area contributed by atoms with Crippen molar-refractivity contribution in [1.29, 1.82) is 0 Å². The van der Waals surface area contributed by atoms with Crippen LogP contribution in [0.5, 0.6) is 5.75 Å². The van der Waals surface area contributed by atoms with Crippen molar-refractivity contribution in [1.82, 2.24) is 4.98 Å². The fourth-order valence-electron chi connectivity index (χ4n) is 1.75. The fourth-order valence-corrected chi connectivity index (χ4v) is 2.58. The van der Waals surface area contributed by atoms with Crippen LogP contribution in [-0.2, 0) is 0 Å². The number of hydrogen-bond acceptors (Lipinski definition) is 4. The summed E-state index contributed by atoms with van der Waals surface area (Å²) in [4.78, 5) is 16.2. The van der Waals surface area contributed by atoms with Crippen molar-refractivity contribution in [2.24, 2.45) is 0 Å². The highest BCUT2D eigenvalue weighted by Gasteiger charge is 2.10. The van der Waals surface area contributed by atoms with E-state index in [1.54, 1.807) is 0 Å². The summed E-state index contributed by atoms with van der Waals surface area (Å²) in [6, 6.07) is 7.79. The van der Waals surface area contributed by atoms with Crippen molar-refractivity contribution in [3.05, 3.63) is 35.3 Å². The lowest BCUT2D eigenvalue weighted by Gasteiger charge is -2.02. The Morgan fingerprint density at radius 2 is 2.00 bits per heavy atom. The lowest BCUT2D eigenvalue weighted by molar-refractivity contribution is 0.0977. The van der Waals surface area contributed by atoms with E-state index >= 15 is 0 Å². The first-order chi connectivity index (χ1) is 9.24. The zero-order valence-corrected chi connectivity index (χ0v) is 12.0. The molecule has 0 unspecified atom stereocenters. The van der Waals surface area contributed by atoms with E-state index in [1.807, 2.05) is 43.5 Å². The number of Topliss-reactive ketones (excluding diaryl/α,β-unsaturated/α-hetero) is 1. The summed E-state index contributed by atoms with van der Waals surface area (Å²) in [6.45, 7) is 4.62. The largest absolute Gasteiger partial charge is 0.494 e. The molecule has 0 radical (unpaired) electrons. The van der Waals surface area contributed by atoms with Crippen molar-refractivity contribution in [2.45, 2.75) is 26.7 Å². The predicted molar refractivity (Wildman–Crippen MR) is 78.0 cm³/mol. The van der Waals surface area contributed by atoms with E-state index < -0.39 is 0 Å². The molecule has 0 saturated heterocycles. The minimum absolute atomic E-state index is 0.121. The molecule has 1 heterocycles. The second kappa shape index (κ2) is 6.48. The Balaban J connectivity index is 2.15. The summed E-state index contributed by atoms with van der Waals surface area (Å²) in [5.41, 5.74) is 1.60. The number of thiazole rings is 1. The Bertz CT molecular complexity index is 546. The van der Waals surface area contributed by atoms with Gasteiger partial charge in [0.2, 0.25) is 0 Å². The van der Waals surface area contributed by atoms with E-state index in [4.69, 9.17) is 4.74 Å². The summed E-state index contributed by atoms with van der Waals surface area (Å²) in [7, 11) is 0. The molecule has 1 aromatic heterocycles. The maximum atomic E-state index is 11.8. The van der Waals surface area contributed by atoms with Crippen molar-refractivity contribution in [3.63, 3.8) is 0 Å². The van der Waals surface area contributed by atoms with Crippen molar-refractivity contribution in [3.8, 4) is 16.3 Å². The molecular weight excluding hydrogens is 258 g/mol. The molecular formula is C15H17NO2S. The molecule has 0 bridgehead atoms. The quantitative estimate of drug-likeness (QED) is 0.742. The van der Waals surface area contributed by atoms with Crippen LogP contribution >= 0.6 is 11.3 Å². The highest BCUT2D eigenvalue weighted by molar-refractivity contribution is 7.13. The normalized spacial score (nSPS) is 10.4. The Hall–Kier alpha value is -1.68. The molecule has 19 heavy (non-hydrogen) atoms. The van der Waals surface area contributed by atoms with E-state index in [9.17, 15) is 4.79 Å². The number of hydrogen-bond donors (Lipinski definition) is 0. The average Bonchev–Trinajstić information content (AvgIpc) is 2.90. The van der Waals surface area contributed by atoms with Crippen LogP contribution in [0.15, 0.2) is 29.6 Å². The molecule has 0 aliphatic carbocycles. The third-order valence-corrected chi connectivity index (χ3v) is 3.57. The van der Waals surface area contributed by atoms with Crippen molar-refractivity contribution < 1.29 is 9.53 Å². The zero-order chi connectivity index (χ0) is 13.7. The average molecular weight is 275 g/mol. The smallest absolute Gasteiger partial charge is 0.182 e. The minimum atomic E-state index is 0.121. The van der Waals surface area contributed by atoms with E-state index in [-0.39, 0.29) is 5.78 Å². The summed E-state index contributed by atoms with van der Waals surface area (Å²) in [6.07, 6.45) is 1.42. The summed E-state index contributed by atoms with van der Waals surface area (Å²) < 4.78 is 5.40. The Labute approximate surface area is 117 Å². The number of ether oxygens (including phenoxy) is 1. The second-order valence-electron chi connectivity index (χ2n) is 4.17. The van der Waals surface area contributed by atoms with Crippen LogP contribution in [0.1, 0.15) is 37.2 Å². The van der Waals surface area contributed by atoms with E-state index in [2.05, 4.69) is 4.98 Å².